The summed E-state index contributed by atoms with van der Waals surface area (Å²) >= 11 is 0. The van der Waals surface area contributed by atoms with Gasteiger partial charge in [-0.3, -0.25) is 0 Å². The van der Waals surface area contributed by atoms with Crippen molar-refractivity contribution in [3.8, 4) is 11.8 Å². The topological polar surface area (TPSA) is 45.0 Å². The van der Waals surface area contributed by atoms with Gasteiger partial charge < -0.3 is 10.1 Å². The van der Waals surface area contributed by atoms with Crippen LogP contribution in [-0.2, 0) is 6.54 Å². The molecule has 3 heteroatoms. The monoisotopic (exact) mass is 278 g/mol. The van der Waals surface area contributed by atoms with Gasteiger partial charge in [0.15, 0.2) is 0 Å². The van der Waals surface area contributed by atoms with E-state index in [2.05, 4.69) is 30.4 Å². The van der Waals surface area contributed by atoms with E-state index in [1.54, 1.807) is 0 Å². The molecule has 2 atom stereocenters. The summed E-state index contributed by atoms with van der Waals surface area (Å²) in [5.74, 6) is 1.41. The molecule has 2 aromatic rings. The van der Waals surface area contributed by atoms with Crippen LogP contribution in [0.4, 0.5) is 0 Å². The highest BCUT2D eigenvalue weighted by Crippen LogP contribution is 2.35. The van der Waals surface area contributed by atoms with Crippen molar-refractivity contribution >= 4 is 0 Å². The van der Waals surface area contributed by atoms with E-state index < -0.39 is 0 Å². The molecule has 1 N–H and O–H groups in total. The minimum absolute atomic E-state index is 0.297. The molecule has 0 spiro atoms. The normalized spacial score (nSPS) is 20.2. The van der Waals surface area contributed by atoms with E-state index in [4.69, 9.17) is 10.00 Å². The molecule has 0 aromatic heterocycles. The molecule has 0 radical (unpaired) electrons. The predicted octanol–water partition coefficient (Wildman–Crippen LogP) is 3.42. The van der Waals surface area contributed by atoms with Crippen molar-refractivity contribution in [3.05, 3.63) is 65.2 Å². The van der Waals surface area contributed by atoms with Crippen molar-refractivity contribution in [1.82, 2.24) is 5.32 Å². The van der Waals surface area contributed by atoms with E-state index in [1.807, 2.05) is 36.4 Å². The fraction of sp³-hybridized carbons (Fsp3) is 0.278. The zero-order chi connectivity index (χ0) is 14.7. The fourth-order valence-corrected chi connectivity index (χ4v) is 2.73. The number of ether oxygens (including phenoxy) is 1. The predicted molar refractivity (Wildman–Crippen MR) is 81.8 cm³/mol. The Kier molecular flexibility index (Phi) is 3.89. The summed E-state index contributed by atoms with van der Waals surface area (Å²) in [5.41, 5.74) is 3.11. The number of benzene rings is 2. The number of hydrogen-bond donors (Lipinski definition) is 1. The van der Waals surface area contributed by atoms with Gasteiger partial charge in [0.05, 0.1) is 18.2 Å². The number of fused-ring (bicyclic) bond motifs is 1. The average molecular weight is 278 g/mol. The van der Waals surface area contributed by atoms with Crippen LogP contribution >= 0.6 is 0 Å². The first kappa shape index (κ1) is 13.7. The van der Waals surface area contributed by atoms with Crippen molar-refractivity contribution in [2.75, 3.05) is 6.61 Å². The molecule has 0 saturated heterocycles. The zero-order valence-corrected chi connectivity index (χ0v) is 12.0. The Morgan fingerprint density at radius 1 is 1.19 bits per heavy atom. The summed E-state index contributed by atoms with van der Waals surface area (Å²) in [4.78, 5) is 0. The molecule has 0 fully saturated rings. The number of para-hydroxylation sites is 1. The van der Waals surface area contributed by atoms with Gasteiger partial charge in [-0.25, -0.2) is 0 Å². The van der Waals surface area contributed by atoms with Gasteiger partial charge in [-0.15, -0.1) is 0 Å². The van der Waals surface area contributed by atoms with Gasteiger partial charge in [-0.2, -0.15) is 5.26 Å². The van der Waals surface area contributed by atoms with Gasteiger partial charge >= 0.3 is 0 Å². The number of nitriles is 1. The van der Waals surface area contributed by atoms with Gasteiger partial charge in [-0.1, -0.05) is 37.3 Å². The van der Waals surface area contributed by atoms with Crippen molar-refractivity contribution in [1.29, 1.82) is 5.26 Å². The van der Waals surface area contributed by atoms with E-state index in [0.29, 0.717) is 17.5 Å². The van der Waals surface area contributed by atoms with Gasteiger partial charge in [0, 0.05) is 24.1 Å². The van der Waals surface area contributed by atoms with Crippen LogP contribution in [-0.4, -0.2) is 6.61 Å². The largest absolute Gasteiger partial charge is 0.493 e. The van der Waals surface area contributed by atoms with Gasteiger partial charge in [0.25, 0.3) is 0 Å². The third-order valence-corrected chi connectivity index (χ3v) is 3.93. The molecule has 1 heterocycles. The molecule has 0 aliphatic carbocycles. The Labute approximate surface area is 125 Å². The molecule has 3 rings (SSSR count). The van der Waals surface area contributed by atoms with E-state index in [0.717, 1.165) is 18.9 Å². The molecule has 21 heavy (non-hydrogen) atoms. The maximum absolute atomic E-state index is 8.83. The highest BCUT2D eigenvalue weighted by molar-refractivity contribution is 5.38. The third-order valence-electron chi connectivity index (χ3n) is 3.93. The Morgan fingerprint density at radius 3 is 2.71 bits per heavy atom. The molecule has 0 amide bonds. The standard InChI is InChI=1S/C18H18N2O/c1-13-12-21-17-5-3-2-4-16(17)18(13)20-11-15-8-6-14(10-19)7-9-15/h2-9,13,18,20H,11-12H2,1H3. The van der Waals surface area contributed by atoms with Crippen LogP contribution in [0.5, 0.6) is 5.75 Å². The smallest absolute Gasteiger partial charge is 0.124 e. The van der Waals surface area contributed by atoms with Crippen LogP contribution in [0.1, 0.15) is 29.7 Å². The molecule has 1 aliphatic rings. The summed E-state index contributed by atoms with van der Waals surface area (Å²) in [6.07, 6.45) is 0. The van der Waals surface area contributed by atoms with E-state index in [9.17, 15) is 0 Å². The SMILES string of the molecule is CC1COc2ccccc2C1NCc1ccc(C#N)cc1. The van der Waals surface area contributed by atoms with E-state index in [1.165, 1.54) is 11.1 Å². The Hall–Kier alpha value is -2.31. The summed E-state index contributed by atoms with van der Waals surface area (Å²) in [6, 6.07) is 18.4. The minimum Gasteiger partial charge on any atom is -0.493 e. The van der Waals surface area contributed by atoms with Crippen molar-refractivity contribution in [2.24, 2.45) is 5.92 Å². The maximum atomic E-state index is 8.83. The van der Waals surface area contributed by atoms with Gasteiger partial charge in [0.2, 0.25) is 0 Å². The highest BCUT2D eigenvalue weighted by Gasteiger charge is 2.26. The first-order chi connectivity index (χ1) is 10.3. The lowest BCUT2D eigenvalue weighted by Gasteiger charge is -2.32. The first-order valence-corrected chi connectivity index (χ1v) is 7.22. The van der Waals surface area contributed by atoms with Gasteiger partial charge in [-0.05, 0) is 23.8 Å². The van der Waals surface area contributed by atoms with E-state index in [-0.39, 0.29) is 0 Å². The van der Waals surface area contributed by atoms with Crippen LogP contribution in [0, 0.1) is 17.2 Å². The lowest BCUT2D eigenvalue weighted by molar-refractivity contribution is 0.188. The lowest BCUT2D eigenvalue weighted by Crippen LogP contribution is -2.33. The first-order valence-electron chi connectivity index (χ1n) is 7.22. The van der Waals surface area contributed by atoms with Gasteiger partial charge in [0.1, 0.15) is 5.75 Å². The van der Waals surface area contributed by atoms with E-state index >= 15 is 0 Å². The molecule has 1 aliphatic heterocycles. The second-order valence-corrected chi connectivity index (χ2v) is 5.49. The summed E-state index contributed by atoms with van der Waals surface area (Å²) in [5, 5.41) is 12.4. The second-order valence-electron chi connectivity index (χ2n) is 5.49. The molecule has 2 unspecified atom stereocenters. The molecule has 2 aromatic carbocycles. The highest BCUT2D eigenvalue weighted by atomic mass is 16.5. The zero-order valence-electron chi connectivity index (χ0n) is 12.0. The molecular weight excluding hydrogens is 260 g/mol. The Morgan fingerprint density at radius 2 is 1.95 bits per heavy atom. The molecule has 0 saturated carbocycles. The third kappa shape index (κ3) is 2.91. The Bertz CT molecular complexity index is 658. The van der Waals surface area contributed by atoms with Crippen LogP contribution in [0.2, 0.25) is 0 Å². The lowest BCUT2D eigenvalue weighted by atomic mass is 9.92. The van der Waals surface area contributed by atoms with Crippen molar-refractivity contribution < 1.29 is 4.74 Å². The van der Waals surface area contributed by atoms with Crippen molar-refractivity contribution in [3.63, 3.8) is 0 Å². The number of nitrogens with one attached hydrogen (secondary N) is 1. The summed E-state index contributed by atoms with van der Waals surface area (Å²) in [6.45, 7) is 3.73. The number of rotatable bonds is 3. The van der Waals surface area contributed by atoms with Crippen LogP contribution in [0.3, 0.4) is 0 Å². The number of nitrogens with zero attached hydrogens (tertiary/aromatic N) is 1. The Balaban J connectivity index is 1.73. The summed E-state index contributed by atoms with van der Waals surface area (Å²) < 4.78 is 5.77. The molecular formula is C18H18N2O. The second kappa shape index (κ2) is 5.99. The fourth-order valence-electron chi connectivity index (χ4n) is 2.73. The molecule has 106 valence electrons. The van der Waals surface area contributed by atoms with Crippen molar-refractivity contribution in [2.45, 2.75) is 19.5 Å². The molecule has 0 bridgehead atoms. The minimum atomic E-state index is 0.297. The quantitative estimate of drug-likeness (QED) is 0.935. The average Bonchev–Trinajstić information content (AvgIpc) is 2.54. The van der Waals surface area contributed by atoms with Crippen LogP contribution in [0.25, 0.3) is 0 Å². The maximum Gasteiger partial charge on any atom is 0.124 e. The van der Waals surface area contributed by atoms with Crippen LogP contribution < -0.4 is 10.1 Å². The molecule has 3 nitrogen and oxygen atoms in total. The number of hydrogen-bond acceptors (Lipinski definition) is 3. The van der Waals surface area contributed by atoms with Crippen LogP contribution in [0.15, 0.2) is 48.5 Å². The summed E-state index contributed by atoms with van der Waals surface area (Å²) in [7, 11) is 0.